The highest BCUT2D eigenvalue weighted by Crippen LogP contribution is 2.40. The number of carbonyl (C=O) groups is 1. The summed E-state index contributed by atoms with van der Waals surface area (Å²) in [7, 11) is 0. The number of nitrogens with zero attached hydrogens (tertiary/aromatic N) is 1. The molecule has 0 bridgehead atoms. The van der Waals surface area contributed by atoms with Crippen molar-refractivity contribution in [2.75, 3.05) is 0 Å². The molecule has 1 atom stereocenters. The molecule has 1 unspecified atom stereocenters. The molecule has 1 aromatic carbocycles. The van der Waals surface area contributed by atoms with Gasteiger partial charge in [0.05, 0.1) is 6.04 Å². The van der Waals surface area contributed by atoms with Crippen LogP contribution in [0.4, 0.5) is 0 Å². The summed E-state index contributed by atoms with van der Waals surface area (Å²) >= 11 is 0. The fourth-order valence-corrected chi connectivity index (χ4v) is 3.78. The number of carbonyl (C=O) groups excluding carboxylic acids is 1. The van der Waals surface area contributed by atoms with Crippen LogP contribution >= 0.6 is 0 Å². The van der Waals surface area contributed by atoms with Gasteiger partial charge in [-0.2, -0.15) is 0 Å². The Morgan fingerprint density at radius 1 is 1.12 bits per heavy atom. The van der Waals surface area contributed by atoms with Crippen LogP contribution in [0.1, 0.15) is 72.3 Å². The van der Waals surface area contributed by atoms with Crippen molar-refractivity contribution in [3.63, 3.8) is 0 Å². The van der Waals surface area contributed by atoms with Gasteiger partial charge in [0.15, 0.2) is 5.69 Å². The summed E-state index contributed by atoms with van der Waals surface area (Å²) in [4.78, 5) is 12.7. The van der Waals surface area contributed by atoms with E-state index in [1.807, 2.05) is 18.2 Å². The van der Waals surface area contributed by atoms with Crippen LogP contribution in [0.25, 0.3) is 0 Å². The number of nitrogens with two attached hydrogens (primary N) is 1. The van der Waals surface area contributed by atoms with Crippen LogP contribution in [0.2, 0.25) is 0 Å². The summed E-state index contributed by atoms with van der Waals surface area (Å²) in [5, 5.41) is 7.18. The topological polar surface area (TPSA) is 81.1 Å². The lowest BCUT2D eigenvalue weighted by molar-refractivity contribution is 0.0902. The van der Waals surface area contributed by atoms with Crippen LogP contribution in [0.3, 0.4) is 0 Å². The van der Waals surface area contributed by atoms with E-state index >= 15 is 0 Å². The maximum absolute atomic E-state index is 12.7. The van der Waals surface area contributed by atoms with Gasteiger partial charge in [-0.3, -0.25) is 4.79 Å². The van der Waals surface area contributed by atoms with Crippen molar-refractivity contribution in [2.45, 2.75) is 56.5 Å². The van der Waals surface area contributed by atoms with Crippen molar-refractivity contribution in [1.29, 1.82) is 0 Å². The first kappa shape index (κ1) is 16.3. The quantitative estimate of drug-likeness (QED) is 0.873. The summed E-state index contributed by atoms with van der Waals surface area (Å²) in [5.41, 5.74) is 7.58. The molecule has 2 fully saturated rings. The SMILES string of the molecule is N[C@H]1CC[C@H](C(NC(=O)c2cc(C3CC3)on2)c2ccccc2)CC1. The second-order valence-electron chi connectivity index (χ2n) is 7.43. The molecule has 1 amide bonds. The molecule has 2 aromatic rings. The summed E-state index contributed by atoms with van der Waals surface area (Å²) in [5.74, 6) is 1.55. The average Bonchev–Trinajstić information content (AvgIpc) is 3.38. The van der Waals surface area contributed by atoms with Gasteiger partial charge >= 0.3 is 0 Å². The molecule has 0 spiro atoms. The Morgan fingerprint density at radius 3 is 2.52 bits per heavy atom. The maximum Gasteiger partial charge on any atom is 0.273 e. The second kappa shape index (κ2) is 7.00. The number of hydrogen-bond acceptors (Lipinski definition) is 4. The standard InChI is InChI=1S/C20H25N3O2/c21-16-10-8-15(9-11-16)19(14-4-2-1-3-5-14)22-20(24)17-12-18(25-23-17)13-6-7-13/h1-5,12-13,15-16,19H,6-11,21H2,(H,22,24)/t15-,16-,19?. The van der Waals surface area contributed by atoms with Crippen molar-refractivity contribution in [2.24, 2.45) is 11.7 Å². The zero-order chi connectivity index (χ0) is 17.2. The van der Waals surface area contributed by atoms with Gasteiger partial charge in [0.1, 0.15) is 5.76 Å². The Kier molecular flexibility index (Phi) is 4.57. The Labute approximate surface area is 148 Å². The van der Waals surface area contributed by atoms with E-state index in [-0.39, 0.29) is 11.9 Å². The fourth-order valence-electron chi connectivity index (χ4n) is 3.78. The predicted octanol–water partition coefficient (Wildman–Crippen LogP) is 3.54. The highest BCUT2D eigenvalue weighted by molar-refractivity contribution is 5.92. The van der Waals surface area contributed by atoms with Crippen LogP contribution in [0.15, 0.2) is 40.9 Å². The first-order valence-corrected chi connectivity index (χ1v) is 9.28. The number of rotatable bonds is 5. The Morgan fingerprint density at radius 2 is 1.84 bits per heavy atom. The molecule has 2 aliphatic rings. The summed E-state index contributed by atoms with van der Waals surface area (Å²) < 4.78 is 5.33. The van der Waals surface area contributed by atoms with Crippen molar-refractivity contribution in [3.05, 3.63) is 53.4 Å². The predicted molar refractivity (Wildman–Crippen MR) is 95.1 cm³/mol. The Balaban J connectivity index is 1.51. The van der Waals surface area contributed by atoms with E-state index < -0.39 is 0 Å². The van der Waals surface area contributed by atoms with Crippen LogP contribution in [-0.2, 0) is 0 Å². The molecule has 3 N–H and O–H groups in total. The molecule has 25 heavy (non-hydrogen) atoms. The second-order valence-corrected chi connectivity index (χ2v) is 7.43. The molecule has 2 aliphatic carbocycles. The van der Waals surface area contributed by atoms with E-state index in [1.54, 1.807) is 6.07 Å². The monoisotopic (exact) mass is 339 g/mol. The molecule has 0 radical (unpaired) electrons. The fraction of sp³-hybridized carbons (Fsp3) is 0.500. The summed E-state index contributed by atoms with van der Waals surface area (Å²) in [6.07, 6.45) is 6.36. The first-order chi connectivity index (χ1) is 12.2. The molecule has 1 heterocycles. The van der Waals surface area contributed by atoms with Gasteiger partial charge in [-0.25, -0.2) is 0 Å². The van der Waals surface area contributed by atoms with Gasteiger partial charge in [0.2, 0.25) is 0 Å². The molecule has 0 aliphatic heterocycles. The van der Waals surface area contributed by atoms with Gasteiger partial charge in [-0.05, 0) is 50.0 Å². The molecule has 5 heteroatoms. The van der Waals surface area contributed by atoms with Crippen molar-refractivity contribution >= 4 is 5.91 Å². The van der Waals surface area contributed by atoms with E-state index in [9.17, 15) is 4.79 Å². The number of amides is 1. The molecular formula is C20H25N3O2. The van der Waals surface area contributed by atoms with E-state index in [4.69, 9.17) is 10.3 Å². The van der Waals surface area contributed by atoms with Crippen molar-refractivity contribution in [3.8, 4) is 0 Å². The molecule has 0 saturated heterocycles. The Hall–Kier alpha value is -2.14. The highest BCUT2D eigenvalue weighted by atomic mass is 16.5. The van der Waals surface area contributed by atoms with E-state index in [0.717, 1.165) is 49.8 Å². The van der Waals surface area contributed by atoms with Gasteiger partial charge < -0.3 is 15.6 Å². The third-order valence-corrected chi connectivity index (χ3v) is 5.47. The lowest BCUT2D eigenvalue weighted by atomic mass is 9.79. The molecule has 2 saturated carbocycles. The molecule has 4 rings (SSSR count). The number of aromatic nitrogens is 1. The average molecular weight is 339 g/mol. The Bertz CT molecular complexity index is 716. The van der Waals surface area contributed by atoms with E-state index in [1.165, 1.54) is 0 Å². The van der Waals surface area contributed by atoms with E-state index in [2.05, 4.69) is 22.6 Å². The van der Waals surface area contributed by atoms with E-state index in [0.29, 0.717) is 23.6 Å². The normalized spacial score (nSPS) is 24.7. The van der Waals surface area contributed by atoms with Gasteiger partial charge in [-0.1, -0.05) is 35.5 Å². The minimum atomic E-state index is -0.153. The van der Waals surface area contributed by atoms with Gasteiger partial charge in [0.25, 0.3) is 5.91 Å². The zero-order valence-electron chi connectivity index (χ0n) is 14.4. The minimum absolute atomic E-state index is 0.0118. The van der Waals surface area contributed by atoms with Crippen LogP contribution in [-0.4, -0.2) is 17.1 Å². The first-order valence-electron chi connectivity index (χ1n) is 9.28. The molecule has 132 valence electrons. The minimum Gasteiger partial charge on any atom is -0.360 e. The summed E-state index contributed by atoms with van der Waals surface area (Å²) in [6.45, 7) is 0. The zero-order valence-corrected chi connectivity index (χ0v) is 14.4. The summed E-state index contributed by atoms with van der Waals surface area (Å²) in [6, 6.07) is 12.3. The third kappa shape index (κ3) is 3.76. The smallest absolute Gasteiger partial charge is 0.273 e. The van der Waals surface area contributed by atoms with Crippen molar-refractivity contribution in [1.82, 2.24) is 10.5 Å². The molecule has 5 nitrogen and oxygen atoms in total. The van der Waals surface area contributed by atoms with Gasteiger partial charge in [0, 0.05) is 18.0 Å². The number of hydrogen-bond donors (Lipinski definition) is 2. The lowest BCUT2D eigenvalue weighted by Gasteiger charge is -2.33. The lowest BCUT2D eigenvalue weighted by Crippen LogP contribution is -2.37. The van der Waals surface area contributed by atoms with Crippen molar-refractivity contribution < 1.29 is 9.32 Å². The highest BCUT2D eigenvalue weighted by Gasteiger charge is 2.31. The molecular weight excluding hydrogens is 314 g/mol. The maximum atomic E-state index is 12.7. The van der Waals surface area contributed by atoms with Crippen LogP contribution in [0, 0.1) is 5.92 Å². The molecule has 1 aromatic heterocycles. The number of benzene rings is 1. The van der Waals surface area contributed by atoms with Crippen LogP contribution in [0.5, 0.6) is 0 Å². The largest absolute Gasteiger partial charge is 0.360 e. The van der Waals surface area contributed by atoms with Gasteiger partial charge in [-0.15, -0.1) is 0 Å². The number of nitrogens with one attached hydrogen (secondary N) is 1. The van der Waals surface area contributed by atoms with Crippen LogP contribution < -0.4 is 11.1 Å². The third-order valence-electron chi connectivity index (χ3n) is 5.47.